The van der Waals surface area contributed by atoms with Crippen molar-refractivity contribution in [1.29, 1.82) is 0 Å². The van der Waals surface area contributed by atoms with Gasteiger partial charge in [0.05, 0.1) is 0 Å². The number of rotatable bonds is 0. The zero-order chi connectivity index (χ0) is 2.71. The molecule has 0 spiro atoms. The minimum absolute atomic E-state index is 0. The molecule has 3 nitrogen and oxygen atoms in total. The summed E-state index contributed by atoms with van der Waals surface area (Å²) in [5, 5.41) is 0. The van der Waals surface area contributed by atoms with E-state index >= 15 is 0 Å². The van der Waals surface area contributed by atoms with Gasteiger partial charge in [-0.3, -0.25) is 0 Å². The monoisotopic (exact) mass is 194 g/mol. The molecule has 0 aliphatic heterocycles. The molecule has 0 aliphatic carbocycles. The predicted octanol–water partition coefficient (Wildman–Crippen LogP) is 0.831. The largest absolute Gasteiger partial charge is 3.00 e. The Morgan fingerprint density at radius 2 is 1.00 bits per heavy atom. The molecule has 0 saturated carbocycles. The van der Waals surface area contributed by atoms with Crippen LogP contribution in [0.25, 0.3) is 0 Å². The third-order valence-electron chi connectivity index (χ3n) is 0. The average molecular weight is 194 g/mol. The molecule has 0 unspecified atom stereocenters. The van der Waals surface area contributed by atoms with Gasteiger partial charge < -0.3 is 16.4 Å². The van der Waals surface area contributed by atoms with Crippen molar-refractivity contribution in [2.24, 2.45) is 0 Å². The van der Waals surface area contributed by atoms with Crippen molar-refractivity contribution in [2.45, 2.75) is 6.92 Å². The molecule has 0 aromatic carbocycles. The van der Waals surface area contributed by atoms with Crippen molar-refractivity contribution in [3.8, 4) is 0 Å². The molecule has 0 fully saturated rings. The van der Waals surface area contributed by atoms with Crippen LogP contribution in [0.1, 0.15) is 6.92 Å². The maximum absolute atomic E-state index is 3.36. The van der Waals surface area contributed by atoms with E-state index in [0.29, 0.717) is 0 Å². The molecule has 48 valence electrons. The Bertz CT molecular complexity index is 20.0. The fourth-order valence-corrected chi connectivity index (χ4v) is 0. The Hall–Kier alpha value is 0.685. The minimum atomic E-state index is 0. The van der Waals surface area contributed by atoms with Crippen LogP contribution in [0.3, 0.4) is 0 Å². The second-order valence-corrected chi connectivity index (χ2v) is 0.408. The van der Waals surface area contributed by atoms with Crippen LogP contribution < -0.4 is 0 Å². The van der Waals surface area contributed by atoms with Gasteiger partial charge in [0.25, 0.3) is 0 Å². The van der Waals surface area contributed by atoms with Crippen molar-refractivity contribution in [3.05, 3.63) is 12.7 Å². The van der Waals surface area contributed by atoms with Crippen molar-refractivity contribution in [3.63, 3.8) is 0 Å². The molecule has 8 heavy (non-hydrogen) atoms. The Balaban J connectivity index is -0.00000000200. The van der Waals surface area contributed by atoms with Crippen molar-refractivity contribution in [2.75, 3.05) is 0 Å². The summed E-state index contributed by atoms with van der Waals surface area (Å²) >= 11 is 0. The molecule has 2 radical (unpaired) electrons. The van der Waals surface area contributed by atoms with Gasteiger partial charge in [0, 0.05) is 0 Å². The van der Waals surface area contributed by atoms with Gasteiger partial charge in [-0.2, -0.15) is 0 Å². The standard InChI is InChI=1S/C3H6.2Cr.3O/c1-3-2;;;;;/h3H,1H2,2H3;;;;;/q;2*+3;3*-2. The summed E-state index contributed by atoms with van der Waals surface area (Å²) in [5.74, 6) is 0. The van der Waals surface area contributed by atoms with Crippen molar-refractivity contribution < 1.29 is 51.2 Å². The average Bonchev–Trinajstić information content (AvgIpc) is 0.918. The summed E-state index contributed by atoms with van der Waals surface area (Å²) in [6, 6.07) is 0. The van der Waals surface area contributed by atoms with Gasteiger partial charge in [0.15, 0.2) is 0 Å². The molecule has 0 rings (SSSR count). The zero-order valence-electron chi connectivity index (χ0n) is 4.33. The van der Waals surface area contributed by atoms with Gasteiger partial charge in [0.2, 0.25) is 0 Å². The summed E-state index contributed by atoms with van der Waals surface area (Å²) in [6.07, 6.45) is 1.75. The quantitative estimate of drug-likeness (QED) is 0.511. The van der Waals surface area contributed by atoms with Crippen molar-refractivity contribution in [1.82, 2.24) is 0 Å². The van der Waals surface area contributed by atoms with Crippen LogP contribution in [0.15, 0.2) is 12.7 Å². The van der Waals surface area contributed by atoms with Crippen LogP contribution >= 0.6 is 0 Å². The topological polar surface area (TPSA) is 85.5 Å². The molecule has 0 aliphatic rings. The Kier molecular flexibility index (Phi) is 1080. The maximum atomic E-state index is 3.36. The third kappa shape index (κ3) is 461. The molecular weight excluding hydrogens is 188 g/mol. The van der Waals surface area contributed by atoms with Gasteiger partial charge >= 0.3 is 34.7 Å². The fraction of sp³-hybridized carbons (Fsp3) is 0.333. The smallest absolute Gasteiger partial charge is 2.00 e. The van der Waals surface area contributed by atoms with E-state index in [4.69, 9.17) is 0 Å². The van der Waals surface area contributed by atoms with Gasteiger partial charge in [0.1, 0.15) is 0 Å². The van der Waals surface area contributed by atoms with Crippen LogP contribution in [0, 0.1) is 0 Å². The molecule has 0 bridgehead atoms. The van der Waals surface area contributed by atoms with Crippen molar-refractivity contribution >= 4 is 0 Å². The predicted molar refractivity (Wildman–Crippen MR) is 17.9 cm³/mol. The first-order valence-electron chi connectivity index (χ1n) is 0.986. The van der Waals surface area contributed by atoms with E-state index in [9.17, 15) is 0 Å². The molecule has 5 heteroatoms. The van der Waals surface area contributed by atoms with Gasteiger partial charge in [-0.25, -0.2) is 0 Å². The molecule has 0 saturated heterocycles. The van der Waals surface area contributed by atoms with Crippen LogP contribution in [-0.4, -0.2) is 0 Å². The summed E-state index contributed by atoms with van der Waals surface area (Å²) < 4.78 is 0. The van der Waals surface area contributed by atoms with Gasteiger partial charge in [-0.15, -0.1) is 6.58 Å². The Morgan fingerprint density at radius 3 is 1.00 bits per heavy atom. The first kappa shape index (κ1) is 71.2. The second kappa shape index (κ2) is 121. The SMILES string of the molecule is C=CC.[Cr+3].[Cr+3].[O-2].[O-2].[O-2]. The molecular formula is C3H6Cr2O3. The summed E-state index contributed by atoms with van der Waals surface area (Å²) in [4.78, 5) is 0. The van der Waals surface area contributed by atoms with Gasteiger partial charge in [-0.05, 0) is 6.92 Å². The van der Waals surface area contributed by atoms with E-state index in [1.54, 1.807) is 6.08 Å². The number of allylic oxidation sites excluding steroid dienone is 1. The summed E-state index contributed by atoms with van der Waals surface area (Å²) in [5.41, 5.74) is 0. The van der Waals surface area contributed by atoms with E-state index in [2.05, 4.69) is 6.58 Å². The Morgan fingerprint density at radius 1 is 1.00 bits per heavy atom. The minimum Gasteiger partial charge on any atom is -2.00 e. The van der Waals surface area contributed by atoms with Crippen LogP contribution in [-0.2, 0) is 51.2 Å². The Labute approximate surface area is 71.0 Å². The summed E-state index contributed by atoms with van der Waals surface area (Å²) in [7, 11) is 0. The van der Waals surface area contributed by atoms with E-state index < -0.39 is 0 Å². The second-order valence-electron chi connectivity index (χ2n) is 0.408. The molecule has 0 aromatic heterocycles. The maximum Gasteiger partial charge on any atom is 3.00 e. The fourth-order valence-electron chi connectivity index (χ4n) is 0. The molecule has 0 N–H and O–H groups in total. The number of hydrogen-bond acceptors (Lipinski definition) is 0. The van der Waals surface area contributed by atoms with E-state index in [0.717, 1.165) is 0 Å². The van der Waals surface area contributed by atoms with E-state index in [-0.39, 0.29) is 51.2 Å². The third-order valence-corrected chi connectivity index (χ3v) is 0. The first-order valence-corrected chi connectivity index (χ1v) is 0.986. The van der Waals surface area contributed by atoms with Crippen LogP contribution in [0.5, 0.6) is 0 Å². The molecule has 0 aromatic rings. The molecule has 0 heterocycles. The molecule has 0 atom stereocenters. The van der Waals surface area contributed by atoms with Crippen LogP contribution in [0.4, 0.5) is 0 Å². The molecule has 0 amide bonds. The van der Waals surface area contributed by atoms with E-state index in [1.807, 2.05) is 6.92 Å². The summed E-state index contributed by atoms with van der Waals surface area (Å²) in [6.45, 7) is 5.25. The van der Waals surface area contributed by atoms with Gasteiger partial charge in [-0.1, -0.05) is 6.08 Å². The number of hydrogen-bond donors (Lipinski definition) is 0. The normalized spacial score (nSPS) is 1.62. The van der Waals surface area contributed by atoms with E-state index in [1.165, 1.54) is 0 Å². The van der Waals surface area contributed by atoms with Crippen LogP contribution in [0.2, 0.25) is 0 Å². The first-order chi connectivity index (χ1) is 1.41. The zero-order valence-corrected chi connectivity index (χ0v) is 6.88.